The number of fused-ring (bicyclic) bond motifs is 4. The molecule has 0 spiro atoms. The number of para-hydroxylation sites is 1. The first kappa shape index (κ1) is 22.3. The van der Waals surface area contributed by atoms with Gasteiger partial charge in [-0.2, -0.15) is 0 Å². The molecule has 0 radical (unpaired) electrons. The number of carbonyl (C=O) groups excluding carboxylic acids is 2. The quantitative estimate of drug-likeness (QED) is 0.568. The van der Waals surface area contributed by atoms with E-state index in [0.717, 1.165) is 47.0 Å². The molecule has 5 rings (SSSR count). The molecule has 2 aliphatic rings. The number of H-pyrrole nitrogens is 1. The summed E-state index contributed by atoms with van der Waals surface area (Å²) in [6.07, 6.45) is 6.41. The molecule has 1 aliphatic heterocycles. The van der Waals surface area contributed by atoms with Crippen LogP contribution in [0.15, 0.2) is 36.5 Å². The van der Waals surface area contributed by atoms with Crippen molar-refractivity contribution in [3.05, 3.63) is 63.9 Å². The lowest BCUT2D eigenvalue weighted by Gasteiger charge is -2.25. The predicted molar refractivity (Wildman–Crippen MR) is 131 cm³/mol. The van der Waals surface area contributed by atoms with Gasteiger partial charge in [-0.3, -0.25) is 9.59 Å². The molecule has 2 amide bonds. The second-order valence-corrected chi connectivity index (χ2v) is 9.02. The second-order valence-electron chi connectivity index (χ2n) is 8.61. The monoisotopic (exact) mass is 479 g/mol. The van der Waals surface area contributed by atoms with Crippen LogP contribution in [0, 0.1) is 0 Å². The van der Waals surface area contributed by atoms with Crippen LogP contribution >= 0.6 is 11.6 Å². The average Bonchev–Trinajstić information content (AvgIpc) is 3.16. The summed E-state index contributed by atoms with van der Waals surface area (Å²) >= 11 is 6.38. The maximum absolute atomic E-state index is 13.0. The van der Waals surface area contributed by atoms with Gasteiger partial charge in [0, 0.05) is 17.3 Å². The number of nitrogens with one attached hydrogen (secondary N) is 2. The highest BCUT2D eigenvalue weighted by molar-refractivity contribution is 6.35. The average molecular weight is 480 g/mol. The summed E-state index contributed by atoms with van der Waals surface area (Å²) in [4.78, 5) is 30.8. The van der Waals surface area contributed by atoms with Crippen molar-refractivity contribution in [1.29, 1.82) is 0 Å². The number of ether oxygens (including phenoxy) is 2. The lowest BCUT2D eigenvalue weighted by Crippen LogP contribution is -2.40. The summed E-state index contributed by atoms with van der Waals surface area (Å²) in [7, 11) is 3.14. The molecule has 2 heterocycles. The minimum Gasteiger partial charge on any atom is -0.493 e. The van der Waals surface area contributed by atoms with E-state index >= 15 is 0 Å². The van der Waals surface area contributed by atoms with Crippen molar-refractivity contribution in [3.63, 3.8) is 0 Å². The molecule has 7 nitrogen and oxygen atoms in total. The van der Waals surface area contributed by atoms with E-state index in [0.29, 0.717) is 16.5 Å². The predicted octanol–water partition coefficient (Wildman–Crippen LogP) is 4.39. The van der Waals surface area contributed by atoms with Crippen LogP contribution in [0.2, 0.25) is 5.02 Å². The minimum absolute atomic E-state index is 0.0512. The number of amides is 2. The lowest BCUT2D eigenvalue weighted by molar-refractivity contribution is -0.133. The first-order chi connectivity index (χ1) is 16.5. The SMILES string of the molecule is COc1cc2c(cc1OC)CC(=O)N(CC(=O)N[C@@H]1CCCc3c1[nH]c1c(Cl)cccc31)C=C2. The molecule has 8 heteroatoms. The van der Waals surface area contributed by atoms with Gasteiger partial charge in [0.1, 0.15) is 6.54 Å². The van der Waals surface area contributed by atoms with Gasteiger partial charge in [-0.05, 0) is 60.2 Å². The Balaban J connectivity index is 1.32. The van der Waals surface area contributed by atoms with Crippen molar-refractivity contribution in [2.45, 2.75) is 31.7 Å². The molecular formula is C26H26ClN3O4. The van der Waals surface area contributed by atoms with Crippen molar-refractivity contribution in [2.75, 3.05) is 20.8 Å². The summed E-state index contributed by atoms with van der Waals surface area (Å²) in [5.74, 6) is 0.803. The molecule has 176 valence electrons. The fourth-order valence-electron chi connectivity index (χ4n) is 4.89. The Hall–Kier alpha value is -3.45. The van der Waals surface area contributed by atoms with Crippen molar-refractivity contribution in [3.8, 4) is 11.5 Å². The maximum atomic E-state index is 13.0. The molecule has 1 atom stereocenters. The van der Waals surface area contributed by atoms with E-state index < -0.39 is 0 Å². The number of aromatic amines is 1. The van der Waals surface area contributed by atoms with Gasteiger partial charge in [0.05, 0.1) is 37.2 Å². The molecule has 0 saturated heterocycles. The summed E-state index contributed by atoms with van der Waals surface area (Å²) < 4.78 is 10.7. The van der Waals surface area contributed by atoms with Crippen LogP contribution in [0.4, 0.5) is 0 Å². The standard InChI is InChI=1S/C26H26ClN3O4/c1-33-21-11-15-9-10-30(24(32)13-16(15)12-22(21)34-2)14-23(31)28-20-8-4-6-18-17-5-3-7-19(27)25(17)29-26(18)20/h3,5,7,9-12,20,29H,4,6,8,13-14H2,1-2H3,(H,28,31)/t20-/m1/s1. The van der Waals surface area contributed by atoms with Crippen molar-refractivity contribution >= 4 is 40.4 Å². The fraction of sp³-hybridized carbons (Fsp3) is 0.308. The minimum atomic E-state index is -0.207. The Labute approximate surface area is 202 Å². The third-order valence-corrected chi connectivity index (χ3v) is 6.90. The summed E-state index contributed by atoms with van der Waals surface area (Å²) in [6, 6.07) is 9.37. The van der Waals surface area contributed by atoms with Crippen LogP contribution in [0.5, 0.6) is 11.5 Å². The van der Waals surface area contributed by atoms with Gasteiger partial charge in [0.25, 0.3) is 0 Å². The third-order valence-electron chi connectivity index (χ3n) is 6.58. The summed E-state index contributed by atoms with van der Waals surface area (Å²) in [6.45, 7) is -0.0512. The van der Waals surface area contributed by atoms with Crippen molar-refractivity contribution in [1.82, 2.24) is 15.2 Å². The van der Waals surface area contributed by atoms with Crippen LogP contribution in [0.3, 0.4) is 0 Å². The molecule has 34 heavy (non-hydrogen) atoms. The van der Waals surface area contributed by atoms with E-state index in [4.69, 9.17) is 21.1 Å². The zero-order chi connectivity index (χ0) is 23.8. The van der Waals surface area contributed by atoms with Gasteiger partial charge >= 0.3 is 0 Å². The summed E-state index contributed by atoms with van der Waals surface area (Å²) in [5.41, 5.74) is 4.81. The molecule has 2 aromatic carbocycles. The maximum Gasteiger partial charge on any atom is 0.240 e. The lowest BCUT2D eigenvalue weighted by atomic mass is 9.91. The number of aryl methyl sites for hydroxylation is 1. The third kappa shape index (κ3) is 4.01. The van der Waals surface area contributed by atoms with Crippen molar-refractivity contribution in [2.24, 2.45) is 0 Å². The molecule has 3 aromatic rings. The van der Waals surface area contributed by atoms with Crippen LogP contribution in [-0.4, -0.2) is 42.5 Å². The normalized spacial score (nSPS) is 17.2. The number of benzene rings is 2. The number of rotatable bonds is 5. The largest absolute Gasteiger partial charge is 0.493 e. The smallest absolute Gasteiger partial charge is 0.240 e. The van der Waals surface area contributed by atoms with Crippen LogP contribution in [0.1, 0.15) is 41.3 Å². The van der Waals surface area contributed by atoms with E-state index in [-0.39, 0.29) is 30.8 Å². The zero-order valence-electron chi connectivity index (χ0n) is 19.1. The number of carbonyl (C=O) groups is 2. The molecule has 0 unspecified atom stereocenters. The van der Waals surface area contributed by atoms with Gasteiger partial charge < -0.3 is 24.7 Å². The van der Waals surface area contributed by atoms with E-state index in [9.17, 15) is 9.59 Å². The first-order valence-corrected chi connectivity index (χ1v) is 11.7. The number of methoxy groups -OCH3 is 2. The van der Waals surface area contributed by atoms with E-state index in [1.165, 1.54) is 10.5 Å². The fourth-order valence-corrected chi connectivity index (χ4v) is 5.12. The second kappa shape index (κ2) is 9.06. The number of halogens is 1. The van der Waals surface area contributed by atoms with Gasteiger partial charge in [-0.25, -0.2) is 0 Å². The number of aromatic nitrogens is 1. The van der Waals surface area contributed by atoms with Gasteiger partial charge in [-0.15, -0.1) is 0 Å². The molecule has 0 saturated carbocycles. The van der Waals surface area contributed by atoms with Crippen molar-refractivity contribution < 1.29 is 19.1 Å². The van der Waals surface area contributed by atoms with E-state index in [2.05, 4.69) is 16.4 Å². The highest BCUT2D eigenvalue weighted by Crippen LogP contribution is 2.37. The van der Waals surface area contributed by atoms with E-state index in [1.807, 2.05) is 30.3 Å². The summed E-state index contributed by atoms with van der Waals surface area (Å²) in [5, 5.41) is 4.90. The molecule has 2 N–H and O–H groups in total. The Morgan fingerprint density at radius 3 is 2.82 bits per heavy atom. The van der Waals surface area contributed by atoms with E-state index in [1.54, 1.807) is 20.4 Å². The van der Waals surface area contributed by atoms with Gasteiger partial charge in [0.2, 0.25) is 11.8 Å². The molecule has 1 aliphatic carbocycles. The number of hydrogen-bond donors (Lipinski definition) is 2. The molecule has 0 fully saturated rings. The molecular weight excluding hydrogens is 454 g/mol. The Kier molecular flexibility index (Phi) is 5.96. The highest BCUT2D eigenvalue weighted by Gasteiger charge is 2.27. The topological polar surface area (TPSA) is 83.7 Å². The van der Waals surface area contributed by atoms with Gasteiger partial charge in [-0.1, -0.05) is 23.7 Å². The molecule has 1 aromatic heterocycles. The Morgan fingerprint density at radius 1 is 1.24 bits per heavy atom. The Bertz CT molecular complexity index is 1310. The van der Waals surface area contributed by atoms with Crippen LogP contribution < -0.4 is 14.8 Å². The van der Waals surface area contributed by atoms with Crippen LogP contribution in [-0.2, 0) is 22.4 Å². The number of nitrogens with zero attached hydrogens (tertiary/aromatic N) is 1. The Morgan fingerprint density at radius 2 is 2.03 bits per heavy atom. The number of hydrogen-bond acceptors (Lipinski definition) is 4. The highest BCUT2D eigenvalue weighted by atomic mass is 35.5. The van der Waals surface area contributed by atoms with Crippen LogP contribution in [0.25, 0.3) is 17.0 Å². The zero-order valence-corrected chi connectivity index (χ0v) is 19.9. The first-order valence-electron chi connectivity index (χ1n) is 11.3. The molecule has 0 bridgehead atoms. The van der Waals surface area contributed by atoms with Gasteiger partial charge in [0.15, 0.2) is 11.5 Å².